The van der Waals surface area contributed by atoms with Gasteiger partial charge in [0.15, 0.2) is 6.29 Å². The number of phenols is 1. The predicted octanol–water partition coefficient (Wildman–Crippen LogP) is 3.12. The van der Waals surface area contributed by atoms with Crippen molar-refractivity contribution in [2.45, 2.75) is 0 Å². The minimum atomic E-state index is 0.0191. The zero-order chi connectivity index (χ0) is 10.1. The standard InChI is InChI=1S/C11H7BrO2/c12-10-3-1-2-7-8(10)4-5-11(14)9(7)6-13/h1-6,14H. The van der Waals surface area contributed by atoms with Crippen molar-refractivity contribution in [3.05, 3.63) is 40.4 Å². The third kappa shape index (κ3) is 1.30. The van der Waals surface area contributed by atoms with Crippen LogP contribution >= 0.6 is 15.9 Å². The molecule has 2 aromatic carbocycles. The molecule has 0 heterocycles. The fourth-order valence-corrected chi connectivity index (χ4v) is 1.95. The molecular weight excluding hydrogens is 244 g/mol. The molecular formula is C11H7BrO2. The number of carbonyl (C=O) groups excluding carboxylic acids is 1. The molecule has 0 aliphatic heterocycles. The Morgan fingerprint density at radius 1 is 1.14 bits per heavy atom. The lowest BCUT2D eigenvalue weighted by Crippen LogP contribution is -1.85. The van der Waals surface area contributed by atoms with Crippen LogP contribution in [0, 0.1) is 0 Å². The smallest absolute Gasteiger partial charge is 0.154 e. The summed E-state index contributed by atoms with van der Waals surface area (Å²) in [6, 6.07) is 8.84. The number of rotatable bonds is 1. The van der Waals surface area contributed by atoms with Gasteiger partial charge in [0.2, 0.25) is 0 Å². The quantitative estimate of drug-likeness (QED) is 0.790. The van der Waals surface area contributed by atoms with E-state index in [1.807, 2.05) is 18.2 Å². The van der Waals surface area contributed by atoms with E-state index in [4.69, 9.17) is 0 Å². The van der Waals surface area contributed by atoms with Crippen LogP contribution in [0.2, 0.25) is 0 Å². The van der Waals surface area contributed by atoms with Crippen LogP contribution < -0.4 is 0 Å². The van der Waals surface area contributed by atoms with Crippen LogP contribution in [0.1, 0.15) is 10.4 Å². The Morgan fingerprint density at radius 3 is 2.64 bits per heavy atom. The lowest BCUT2D eigenvalue weighted by molar-refractivity contribution is 0.112. The summed E-state index contributed by atoms with van der Waals surface area (Å²) in [5.41, 5.74) is 0.337. The van der Waals surface area contributed by atoms with Gasteiger partial charge in [0.05, 0.1) is 5.56 Å². The minimum Gasteiger partial charge on any atom is -0.507 e. The van der Waals surface area contributed by atoms with Gasteiger partial charge in [-0.05, 0) is 29.0 Å². The van der Waals surface area contributed by atoms with Gasteiger partial charge in [-0.15, -0.1) is 0 Å². The molecule has 0 aliphatic carbocycles. The summed E-state index contributed by atoms with van der Waals surface area (Å²) in [4.78, 5) is 10.8. The van der Waals surface area contributed by atoms with Crippen LogP contribution in [0.5, 0.6) is 5.75 Å². The van der Waals surface area contributed by atoms with Gasteiger partial charge in [0, 0.05) is 4.47 Å². The fraction of sp³-hybridized carbons (Fsp3) is 0. The maximum Gasteiger partial charge on any atom is 0.154 e. The molecule has 0 atom stereocenters. The number of aromatic hydroxyl groups is 1. The molecule has 0 aromatic heterocycles. The van der Waals surface area contributed by atoms with Crippen molar-refractivity contribution in [1.29, 1.82) is 0 Å². The first-order valence-corrected chi connectivity index (χ1v) is 4.88. The summed E-state index contributed by atoms with van der Waals surface area (Å²) in [5.74, 6) is 0.0191. The highest BCUT2D eigenvalue weighted by Gasteiger charge is 2.06. The lowest BCUT2D eigenvalue weighted by Gasteiger charge is -2.04. The average molecular weight is 251 g/mol. The number of fused-ring (bicyclic) bond motifs is 1. The molecule has 0 saturated carbocycles. The number of benzene rings is 2. The Kier molecular flexibility index (Phi) is 2.25. The third-order valence-electron chi connectivity index (χ3n) is 2.14. The summed E-state index contributed by atoms with van der Waals surface area (Å²) in [6.45, 7) is 0. The van der Waals surface area contributed by atoms with Crippen molar-refractivity contribution in [3.8, 4) is 5.75 Å². The van der Waals surface area contributed by atoms with Crippen molar-refractivity contribution >= 4 is 33.0 Å². The zero-order valence-electron chi connectivity index (χ0n) is 7.20. The van der Waals surface area contributed by atoms with Crippen molar-refractivity contribution in [3.63, 3.8) is 0 Å². The predicted molar refractivity (Wildman–Crippen MR) is 58.7 cm³/mol. The molecule has 0 aliphatic rings. The monoisotopic (exact) mass is 250 g/mol. The molecule has 0 saturated heterocycles. The molecule has 0 unspecified atom stereocenters. The van der Waals surface area contributed by atoms with Crippen molar-refractivity contribution in [1.82, 2.24) is 0 Å². The molecule has 1 N–H and O–H groups in total. The van der Waals surface area contributed by atoms with Gasteiger partial charge in [-0.25, -0.2) is 0 Å². The van der Waals surface area contributed by atoms with E-state index in [-0.39, 0.29) is 5.75 Å². The van der Waals surface area contributed by atoms with E-state index in [2.05, 4.69) is 15.9 Å². The molecule has 2 aromatic rings. The first kappa shape index (κ1) is 9.21. The first-order chi connectivity index (χ1) is 6.74. The summed E-state index contributed by atoms with van der Waals surface area (Å²) in [7, 11) is 0. The average Bonchev–Trinajstić information content (AvgIpc) is 2.18. The highest BCUT2D eigenvalue weighted by molar-refractivity contribution is 9.10. The van der Waals surface area contributed by atoms with Crippen molar-refractivity contribution in [2.24, 2.45) is 0 Å². The van der Waals surface area contributed by atoms with E-state index < -0.39 is 0 Å². The summed E-state index contributed by atoms with van der Waals surface area (Å²) < 4.78 is 0.915. The second-order valence-corrected chi connectivity index (χ2v) is 3.81. The summed E-state index contributed by atoms with van der Waals surface area (Å²) in [6.07, 6.45) is 0.671. The van der Waals surface area contributed by atoms with E-state index >= 15 is 0 Å². The molecule has 2 rings (SSSR count). The summed E-state index contributed by atoms with van der Waals surface area (Å²) in [5, 5.41) is 11.1. The Bertz CT molecular complexity index is 506. The number of halogens is 1. The largest absolute Gasteiger partial charge is 0.507 e. The van der Waals surface area contributed by atoms with Gasteiger partial charge >= 0.3 is 0 Å². The first-order valence-electron chi connectivity index (χ1n) is 4.09. The van der Waals surface area contributed by atoms with Crippen LogP contribution in [0.3, 0.4) is 0 Å². The van der Waals surface area contributed by atoms with Crippen LogP contribution in [0.15, 0.2) is 34.8 Å². The Labute approximate surface area is 89.3 Å². The molecule has 3 heteroatoms. The van der Waals surface area contributed by atoms with Crippen molar-refractivity contribution < 1.29 is 9.90 Å². The number of hydrogen-bond donors (Lipinski definition) is 1. The lowest BCUT2D eigenvalue weighted by atomic mass is 10.0. The van der Waals surface area contributed by atoms with Gasteiger partial charge < -0.3 is 5.11 Å². The van der Waals surface area contributed by atoms with E-state index in [0.29, 0.717) is 11.8 Å². The third-order valence-corrected chi connectivity index (χ3v) is 2.84. The number of aldehydes is 1. The maximum absolute atomic E-state index is 10.8. The van der Waals surface area contributed by atoms with Crippen LogP contribution in [0.25, 0.3) is 10.8 Å². The highest BCUT2D eigenvalue weighted by atomic mass is 79.9. The SMILES string of the molecule is O=Cc1c(O)ccc2c(Br)cccc12. The van der Waals surface area contributed by atoms with Gasteiger partial charge in [0.1, 0.15) is 5.75 Å². The zero-order valence-corrected chi connectivity index (χ0v) is 8.78. The van der Waals surface area contributed by atoms with Gasteiger partial charge in [-0.3, -0.25) is 4.79 Å². The normalized spacial score (nSPS) is 10.4. The number of phenolic OH excluding ortho intramolecular Hbond substituents is 1. The fourth-order valence-electron chi connectivity index (χ4n) is 1.46. The van der Waals surface area contributed by atoms with E-state index in [1.54, 1.807) is 6.07 Å². The molecule has 0 radical (unpaired) electrons. The van der Waals surface area contributed by atoms with Crippen LogP contribution in [0.4, 0.5) is 0 Å². The Morgan fingerprint density at radius 2 is 1.93 bits per heavy atom. The molecule has 14 heavy (non-hydrogen) atoms. The summed E-state index contributed by atoms with van der Waals surface area (Å²) >= 11 is 3.39. The second kappa shape index (κ2) is 3.42. The minimum absolute atomic E-state index is 0.0191. The van der Waals surface area contributed by atoms with Gasteiger partial charge in [-0.1, -0.05) is 28.1 Å². The number of carbonyl (C=O) groups is 1. The van der Waals surface area contributed by atoms with E-state index in [0.717, 1.165) is 15.2 Å². The van der Waals surface area contributed by atoms with Crippen LogP contribution in [-0.2, 0) is 0 Å². The van der Waals surface area contributed by atoms with E-state index in [1.165, 1.54) is 6.07 Å². The molecule has 70 valence electrons. The molecule has 0 bridgehead atoms. The van der Waals surface area contributed by atoms with Crippen LogP contribution in [-0.4, -0.2) is 11.4 Å². The molecule has 0 fully saturated rings. The topological polar surface area (TPSA) is 37.3 Å². The molecule has 0 amide bonds. The van der Waals surface area contributed by atoms with Gasteiger partial charge in [0.25, 0.3) is 0 Å². The van der Waals surface area contributed by atoms with E-state index in [9.17, 15) is 9.90 Å². The second-order valence-electron chi connectivity index (χ2n) is 2.95. The molecule has 2 nitrogen and oxygen atoms in total. The highest BCUT2D eigenvalue weighted by Crippen LogP contribution is 2.30. The Hall–Kier alpha value is -1.35. The van der Waals surface area contributed by atoms with Gasteiger partial charge in [-0.2, -0.15) is 0 Å². The number of hydrogen-bond acceptors (Lipinski definition) is 2. The Balaban J connectivity index is 2.95. The van der Waals surface area contributed by atoms with Crippen molar-refractivity contribution in [2.75, 3.05) is 0 Å². The maximum atomic E-state index is 10.8. The molecule has 0 spiro atoms.